The van der Waals surface area contributed by atoms with Gasteiger partial charge in [0.15, 0.2) is 0 Å². The first-order valence-electron chi connectivity index (χ1n) is 5.09. The van der Waals surface area contributed by atoms with E-state index in [0.717, 1.165) is 11.3 Å². The summed E-state index contributed by atoms with van der Waals surface area (Å²) in [6.07, 6.45) is 0. The van der Waals surface area contributed by atoms with Crippen LogP contribution < -0.4 is 10.2 Å². The van der Waals surface area contributed by atoms with Crippen LogP contribution in [0.4, 0.5) is 0 Å². The van der Waals surface area contributed by atoms with Crippen LogP contribution in [0.1, 0.15) is 19.4 Å². The molecular formula is C12H14N2O2. The van der Waals surface area contributed by atoms with Crippen molar-refractivity contribution in [2.45, 2.75) is 19.3 Å². The largest absolute Gasteiger partial charge is 0.496 e. The number of rotatable bonds is 2. The minimum Gasteiger partial charge on any atom is -0.496 e. The molecule has 1 aliphatic heterocycles. The SMILES string of the molecule is COc1ccccc1C1(C)C(=O)NN=C1C. The minimum atomic E-state index is -0.730. The van der Waals surface area contributed by atoms with Crippen LogP contribution in [0.2, 0.25) is 0 Å². The van der Waals surface area contributed by atoms with Gasteiger partial charge in [-0.2, -0.15) is 5.10 Å². The van der Waals surface area contributed by atoms with Crippen molar-refractivity contribution >= 4 is 11.6 Å². The fourth-order valence-corrected chi connectivity index (χ4v) is 1.90. The van der Waals surface area contributed by atoms with E-state index in [9.17, 15) is 4.79 Å². The lowest BCUT2D eigenvalue weighted by Gasteiger charge is -2.23. The van der Waals surface area contributed by atoms with Crippen LogP contribution in [-0.4, -0.2) is 18.7 Å². The summed E-state index contributed by atoms with van der Waals surface area (Å²) in [6.45, 7) is 3.69. The van der Waals surface area contributed by atoms with Gasteiger partial charge >= 0.3 is 0 Å². The third kappa shape index (κ3) is 1.30. The summed E-state index contributed by atoms with van der Waals surface area (Å²) in [6, 6.07) is 7.51. The number of nitrogens with zero attached hydrogens (tertiary/aromatic N) is 1. The molecule has 1 unspecified atom stereocenters. The molecule has 0 bridgehead atoms. The standard InChI is InChI=1S/C12H14N2O2/c1-8-12(2,11(15)14-13-8)9-6-4-5-7-10(9)16-3/h4-7H,1-3H3,(H,14,15). The third-order valence-corrected chi connectivity index (χ3v) is 3.15. The van der Waals surface area contributed by atoms with E-state index in [1.54, 1.807) is 7.11 Å². The van der Waals surface area contributed by atoms with Crippen molar-refractivity contribution in [3.63, 3.8) is 0 Å². The van der Waals surface area contributed by atoms with E-state index in [0.29, 0.717) is 5.75 Å². The first-order chi connectivity index (χ1) is 7.60. The molecule has 0 radical (unpaired) electrons. The number of carbonyl (C=O) groups is 1. The zero-order valence-electron chi connectivity index (χ0n) is 9.57. The van der Waals surface area contributed by atoms with E-state index in [4.69, 9.17) is 4.74 Å². The lowest BCUT2D eigenvalue weighted by atomic mass is 9.78. The Morgan fingerprint density at radius 2 is 2.06 bits per heavy atom. The van der Waals surface area contributed by atoms with Crippen molar-refractivity contribution in [3.05, 3.63) is 29.8 Å². The van der Waals surface area contributed by atoms with Gasteiger partial charge in [0.25, 0.3) is 5.91 Å². The van der Waals surface area contributed by atoms with Crippen LogP contribution in [-0.2, 0) is 10.2 Å². The van der Waals surface area contributed by atoms with Crippen LogP contribution in [0, 0.1) is 0 Å². The number of amides is 1. The number of methoxy groups -OCH3 is 1. The monoisotopic (exact) mass is 218 g/mol. The summed E-state index contributed by atoms with van der Waals surface area (Å²) in [4.78, 5) is 11.9. The van der Waals surface area contributed by atoms with Gasteiger partial charge in [0.05, 0.1) is 12.8 Å². The molecule has 0 fully saturated rings. The molecule has 0 aliphatic carbocycles. The smallest absolute Gasteiger partial charge is 0.256 e. The highest BCUT2D eigenvalue weighted by molar-refractivity contribution is 6.16. The van der Waals surface area contributed by atoms with E-state index in [1.807, 2.05) is 38.1 Å². The second-order valence-electron chi connectivity index (χ2n) is 3.96. The highest BCUT2D eigenvalue weighted by Crippen LogP contribution is 2.35. The molecule has 0 saturated heterocycles. The number of ether oxygens (including phenoxy) is 1. The van der Waals surface area contributed by atoms with Crippen LogP contribution in [0.25, 0.3) is 0 Å². The molecule has 0 aromatic heterocycles. The molecule has 2 rings (SSSR count). The fraction of sp³-hybridized carbons (Fsp3) is 0.333. The molecule has 4 nitrogen and oxygen atoms in total. The number of nitrogens with one attached hydrogen (secondary N) is 1. The summed E-state index contributed by atoms with van der Waals surface area (Å²) in [5.74, 6) is 0.589. The summed E-state index contributed by atoms with van der Waals surface area (Å²) in [5, 5.41) is 3.98. The van der Waals surface area contributed by atoms with E-state index in [2.05, 4.69) is 10.5 Å². The third-order valence-electron chi connectivity index (χ3n) is 3.15. The first-order valence-corrected chi connectivity index (χ1v) is 5.09. The maximum absolute atomic E-state index is 11.9. The molecule has 1 aromatic carbocycles. The predicted molar refractivity (Wildman–Crippen MR) is 61.6 cm³/mol. The number of para-hydroxylation sites is 1. The fourth-order valence-electron chi connectivity index (χ4n) is 1.90. The molecular weight excluding hydrogens is 204 g/mol. The van der Waals surface area contributed by atoms with Gasteiger partial charge in [0.2, 0.25) is 0 Å². The Labute approximate surface area is 94.3 Å². The molecule has 0 saturated carbocycles. The Morgan fingerprint density at radius 3 is 2.62 bits per heavy atom. The number of carbonyl (C=O) groups excluding carboxylic acids is 1. The highest BCUT2D eigenvalue weighted by Gasteiger charge is 2.44. The first kappa shape index (κ1) is 10.7. The lowest BCUT2D eigenvalue weighted by molar-refractivity contribution is -0.123. The van der Waals surface area contributed by atoms with Gasteiger partial charge in [-0.25, -0.2) is 5.43 Å². The maximum atomic E-state index is 11.9. The quantitative estimate of drug-likeness (QED) is 0.817. The molecule has 1 atom stereocenters. The summed E-state index contributed by atoms with van der Waals surface area (Å²) >= 11 is 0. The second kappa shape index (κ2) is 3.63. The predicted octanol–water partition coefficient (Wildman–Crippen LogP) is 1.46. The van der Waals surface area contributed by atoms with Crippen molar-refractivity contribution in [2.24, 2.45) is 5.10 Å². The van der Waals surface area contributed by atoms with Crippen LogP contribution in [0.5, 0.6) is 5.75 Å². The Hall–Kier alpha value is -1.84. The summed E-state index contributed by atoms with van der Waals surface area (Å²) in [5.41, 5.74) is 3.37. The number of hydrogen-bond donors (Lipinski definition) is 1. The molecule has 1 aliphatic rings. The normalized spacial score (nSPS) is 23.9. The topological polar surface area (TPSA) is 50.7 Å². The minimum absolute atomic E-state index is 0.116. The van der Waals surface area contributed by atoms with Gasteiger partial charge in [-0.15, -0.1) is 0 Å². The zero-order valence-corrected chi connectivity index (χ0v) is 9.57. The van der Waals surface area contributed by atoms with Crippen molar-refractivity contribution in [3.8, 4) is 5.75 Å². The molecule has 16 heavy (non-hydrogen) atoms. The molecule has 1 amide bonds. The van der Waals surface area contributed by atoms with Crippen LogP contribution >= 0.6 is 0 Å². The second-order valence-corrected chi connectivity index (χ2v) is 3.96. The van der Waals surface area contributed by atoms with Crippen molar-refractivity contribution < 1.29 is 9.53 Å². The van der Waals surface area contributed by atoms with E-state index in [-0.39, 0.29) is 5.91 Å². The summed E-state index contributed by atoms with van der Waals surface area (Å²) in [7, 11) is 1.60. The van der Waals surface area contributed by atoms with Crippen molar-refractivity contribution in [2.75, 3.05) is 7.11 Å². The van der Waals surface area contributed by atoms with Gasteiger partial charge < -0.3 is 4.74 Å². The van der Waals surface area contributed by atoms with E-state index >= 15 is 0 Å². The van der Waals surface area contributed by atoms with Gasteiger partial charge in [-0.1, -0.05) is 18.2 Å². The number of hydrogen-bond acceptors (Lipinski definition) is 3. The van der Waals surface area contributed by atoms with Crippen molar-refractivity contribution in [1.82, 2.24) is 5.43 Å². The van der Waals surface area contributed by atoms with E-state index in [1.165, 1.54) is 0 Å². The molecule has 1 aromatic rings. The number of benzene rings is 1. The van der Waals surface area contributed by atoms with E-state index < -0.39 is 5.41 Å². The molecule has 1 heterocycles. The number of hydrazone groups is 1. The highest BCUT2D eigenvalue weighted by atomic mass is 16.5. The average Bonchev–Trinajstić information content (AvgIpc) is 2.58. The molecule has 84 valence electrons. The van der Waals surface area contributed by atoms with Gasteiger partial charge in [-0.05, 0) is 19.9 Å². The Balaban J connectivity index is 2.59. The molecule has 0 spiro atoms. The van der Waals surface area contributed by atoms with Gasteiger partial charge in [0.1, 0.15) is 11.2 Å². The lowest BCUT2D eigenvalue weighted by Crippen LogP contribution is -2.39. The molecule has 1 N–H and O–H groups in total. The Morgan fingerprint density at radius 1 is 1.38 bits per heavy atom. The maximum Gasteiger partial charge on any atom is 0.256 e. The van der Waals surface area contributed by atoms with Crippen LogP contribution in [0.15, 0.2) is 29.4 Å². The van der Waals surface area contributed by atoms with Crippen molar-refractivity contribution in [1.29, 1.82) is 0 Å². The molecule has 4 heteroatoms. The average molecular weight is 218 g/mol. The Kier molecular flexibility index (Phi) is 2.42. The van der Waals surface area contributed by atoms with Gasteiger partial charge in [-0.3, -0.25) is 4.79 Å². The summed E-state index contributed by atoms with van der Waals surface area (Å²) < 4.78 is 5.28. The Bertz CT molecular complexity index is 468. The zero-order chi connectivity index (χ0) is 11.8. The van der Waals surface area contributed by atoms with Crippen LogP contribution in [0.3, 0.4) is 0 Å². The van der Waals surface area contributed by atoms with Gasteiger partial charge in [0, 0.05) is 5.56 Å².